The Hall–Kier alpha value is -2.05. The molecule has 120 valence electrons. The highest BCUT2D eigenvalue weighted by molar-refractivity contribution is 7.14. The third-order valence-electron chi connectivity index (χ3n) is 4.26. The van der Waals surface area contributed by atoms with Crippen LogP contribution in [-0.4, -0.2) is 54.0 Å². The number of aryl methyl sites for hydroxylation is 1. The maximum absolute atomic E-state index is 10.1. The molecular weight excluding hydrogens is 310 g/mol. The number of fused-ring (bicyclic) bond motifs is 2. The van der Waals surface area contributed by atoms with Crippen LogP contribution in [0.2, 0.25) is 0 Å². The lowest BCUT2D eigenvalue weighted by Gasteiger charge is -2.34. The molecule has 4 rings (SSSR count). The van der Waals surface area contributed by atoms with Gasteiger partial charge in [-0.2, -0.15) is 0 Å². The van der Waals surface area contributed by atoms with Crippen molar-refractivity contribution in [1.29, 1.82) is 0 Å². The highest BCUT2D eigenvalue weighted by atomic mass is 32.1. The number of amidine groups is 1. The summed E-state index contributed by atoms with van der Waals surface area (Å²) in [6.45, 7) is 5.99. The van der Waals surface area contributed by atoms with Crippen LogP contribution >= 0.6 is 11.3 Å². The van der Waals surface area contributed by atoms with Crippen molar-refractivity contribution >= 4 is 22.9 Å². The second-order valence-electron chi connectivity index (χ2n) is 6.01. The highest BCUT2D eigenvalue weighted by Crippen LogP contribution is 2.46. The summed E-state index contributed by atoms with van der Waals surface area (Å²) in [7, 11) is 2.14. The number of piperazine rings is 1. The molecule has 1 aromatic heterocycles. The third kappa shape index (κ3) is 2.58. The van der Waals surface area contributed by atoms with Crippen LogP contribution in [0.25, 0.3) is 0 Å². The van der Waals surface area contributed by atoms with E-state index in [1.165, 1.54) is 4.88 Å². The monoisotopic (exact) mass is 329 g/mol. The molecule has 2 aliphatic rings. The first kappa shape index (κ1) is 14.5. The van der Waals surface area contributed by atoms with E-state index < -0.39 is 0 Å². The van der Waals surface area contributed by atoms with Crippen LogP contribution in [0.15, 0.2) is 29.3 Å². The SMILES string of the molecule is Cc1cc2c(s1)Oc1c(O)cccc1N=C2N1CCN(C)CC1. The summed E-state index contributed by atoms with van der Waals surface area (Å²) in [6.07, 6.45) is 0. The fourth-order valence-corrected chi connectivity index (χ4v) is 3.81. The number of hydrogen-bond acceptors (Lipinski definition) is 6. The maximum atomic E-state index is 10.1. The zero-order chi connectivity index (χ0) is 16.0. The number of para-hydroxylation sites is 1. The minimum Gasteiger partial charge on any atom is -0.504 e. The first-order valence-corrected chi connectivity index (χ1v) is 8.56. The molecule has 1 aromatic carbocycles. The van der Waals surface area contributed by atoms with Crippen molar-refractivity contribution in [3.8, 4) is 16.6 Å². The fraction of sp³-hybridized carbons (Fsp3) is 0.353. The molecule has 2 aromatic rings. The maximum Gasteiger partial charge on any atom is 0.195 e. The summed E-state index contributed by atoms with van der Waals surface area (Å²) >= 11 is 1.59. The fourth-order valence-electron chi connectivity index (χ4n) is 2.96. The van der Waals surface area contributed by atoms with Crippen molar-refractivity contribution in [2.45, 2.75) is 6.92 Å². The molecule has 2 aliphatic heterocycles. The van der Waals surface area contributed by atoms with Crippen LogP contribution in [0.4, 0.5) is 5.69 Å². The number of ether oxygens (including phenoxy) is 1. The lowest BCUT2D eigenvalue weighted by molar-refractivity contribution is 0.216. The van der Waals surface area contributed by atoms with Gasteiger partial charge in [-0.05, 0) is 32.2 Å². The van der Waals surface area contributed by atoms with E-state index in [0.717, 1.165) is 42.6 Å². The van der Waals surface area contributed by atoms with E-state index in [4.69, 9.17) is 9.73 Å². The van der Waals surface area contributed by atoms with Crippen molar-refractivity contribution in [3.63, 3.8) is 0 Å². The van der Waals surface area contributed by atoms with Gasteiger partial charge < -0.3 is 19.6 Å². The molecular formula is C17H19N3O2S. The van der Waals surface area contributed by atoms with Gasteiger partial charge >= 0.3 is 0 Å². The van der Waals surface area contributed by atoms with E-state index >= 15 is 0 Å². The molecule has 3 heterocycles. The van der Waals surface area contributed by atoms with Crippen molar-refractivity contribution in [3.05, 3.63) is 34.7 Å². The normalized spacial score (nSPS) is 17.8. The Labute approximate surface area is 139 Å². The number of aromatic hydroxyl groups is 1. The van der Waals surface area contributed by atoms with Gasteiger partial charge in [0.25, 0.3) is 0 Å². The van der Waals surface area contributed by atoms with Gasteiger partial charge in [-0.1, -0.05) is 6.07 Å². The summed E-state index contributed by atoms with van der Waals surface area (Å²) < 4.78 is 6.01. The largest absolute Gasteiger partial charge is 0.504 e. The Kier molecular flexibility index (Phi) is 3.50. The van der Waals surface area contributed by atoms with Gasteiger partial charge in [0.15, 0.2) is 16.6 Å². The van der Waals surface area contributed by atoms with Crippen LogP contribution < -0.4 is 4.74 Å². The zero-order valence-corrected chi connectivity index (χ0v) is 14.1. The standard InChI is InChI=1S/C17H19N3O2S/c1-11-10-12-16(20-8-6-19(2)7-9-20)18-13-4-3-5-14(21)15(13)22-17(12)23-11/h3-5,10,21H,6-9H2,1-2H3. The number of phenolic OH excluding ortho intramolecular Hbond substituents is 1. The predicted octanol–water partition coefficient (Wildman–Crippen LogP) is 3.19. The van der Waals surface area contributed by atoms with Crippen LogP contribution in [0.5, 0.6) is 16.6 Å². The predicted molar refractivity (Wildman–Crippen MR) is 92.5 cm³/mol. The zero-order valence-electron chi connectivity index (χ0n) is 13.2. The summed E-state index contributed by atoms with van der Waals surface area (Å²) in [4.78, 5) is 10.7. The number of likely N-dealkylation sites (N-methyl/N-ethyl adjacent to an activating group) is 1. The van der Waals surface area contributed by atoms with Crippen molar-refractivity contribution < 1.29 is 9.84 Å². The Morgan fingerprint density at radius 3 is 2.78 bits per heavy atom. The molecule has 0 aliphatic carbocycles. The molecule has 0 radical (unpaired) electrons. The van der Waals surface area contributed by atoms with Crippen LogP contribution in [0.3, 0.4) is 0 Å². The molecule has 0 unspecified atom stereocenters. The smallest absolute Gasteiger partial charge is 0.195 e. The van der Waals surface area contributed by atoms with Crippen LogP contribution in [-0.2, 0) is 0 Å². The lowest BCUT2D eigenvalue weighted by atomic mass is 10.2. The average molecular weight is 329 g/mol. The van der Waals surface area contributed by atoms with Crippen LogP contribution in [0, 0.1) is 6.92 Å². The second kappa shape index (κ2) is 5.54. The van der Waals surface area contributed by atoms with E-state index in [9.17, 15) is 5.11 Å². The minimum atomic E-state index is 0.128. The summed E-state index contributed by atoms with van der Waals surface area (Å²) in [5.74, 6) is 1.52. The van der Waals surface area contributed by atoms with Crippen molar-refractivity contribution in [1.82, 2.24) is 9.80 Å². The average Bonchev–Trinajstić information content (AvgIpc) is 2.82. The summed E-state index contributed by atoms with van der Waals surface area (Å²) in [5, 5.41) is 10.9. The van der Waals surface area contributed by atoms with E-state index in [2.05, 4.69) is 29.8 Å². The van der Waals surface area contributed by atoms with Gasteiger partial charge in [-0.3, -0.25) is 0 Å². The van der Waals surface area contributed by atoms with Gasteiger partial charge in [0, 0.05) is 31.1 Å². The van der Waals surface area contributed by atoms with E-state index in [1.807, 2.05) is 6.07 Å². The molecule has 0 saturated carbocycles. The quantitative estimate of drug-likeness (QED) is 0.806. The number of rotatable bonds is 0. The Balaban J connectivity index is 1.84. The van der Waals surface area contributed by atoms with E-state index in [0.29, 0.717) is 11.4 Å². The van der Waals surface area contributed by atoms with Gasteiger partial charge in [0.1, 0.15) is 11.5 Å². The number of thiophene rings is 1. The summed E-state index contributed by atoms with van der Waals surface area (Å²) in [5.41, 5.74) is 1.70. The van der Waals surface area contributed by atoms with E-state index in [-0.39, 0.29) is 5.75 Å². The number of benzene rings is 1. The van der Waals surface area contributed by atoms with Crippen LogP contribution in [0.1, 0.15) is 10.4 Å². The first-order chi connectivity index (χ1) is 11.1. The Bertz CT molecular complexity index is 776. The number of nitrogens with zero attached hydrogens (tertiary/aromatic N) is 3. The topological polar surface area (TPSA) is 48.3 Å². The lowest BCUT2D eigenvalue weighted by Crippen LogP contribution is -2.47. The molecule has 1 N–H and O–H groups in total. The Morgan fingerprint density at radius 2 is 2.00 bits per heavy atom. The number of aliphatic imine (C=N–C) groups is 1. The van der Waals surface area contributed by atoms with Crippen molar-refractivity contribution in [2.75, 3.05) is 33.2 Å². The second-order valence-corrected chi connectivity index (χ2v) is 7.23. The highest BCUT2D eigenvalue weighted by Gasteiger charge is 2.27. The van der Waals surface area contributed by atoms with Gasteiger partial charge in [-0.15, -0.1) is 11.3 Å². The molecule has 0 bridgehead atoms. The molecule has 0 spiro atoms. The first-order valence-electron chi connectivity index (χ1n) is 7.74. The van der Waals surface area contributed by atoms with Gasteiger partial charge in [0.2, 0.25) is 0 Å². The van der Waals surface area contributed by atoms with Crippen molar-refractivity contribution in [2.24, 2.45) is 4.99 Å². The molecule has 5 nitrogen and oxygen atoms in total. The molecule has 1 saturated heterocycles. The molecule has 6 heteroatoms. The molecule has 23 heavy (non-hydrogen) atoms. The van der Waals surface area contributed by atoms with E-state index in [1.54, 1.807) is 23.5 Å². The third-order valence-corrected chi connectivity index (χ3v) is 5.19. The molecule has 0 amide bonds. The van der Waals surface area contributed by atoms with Gasteiger partial charge in [-0.25, -0.2) is 4.99 Å². The number of phenols is 1. The Morgan fingerprint density at radius 1 is 1.22 bits per heavy atom. The molecule has 0 atom stereocenters. The summed E-state index contributed by atoms with van der Waals surface area (Å²) in [6, 6.07) is 7.44. The van der Waals surface area contributed by atoms with Gasteiger partial charge in [0.05, 0.1) is 5.56 Å². The molecule has 1 fully saturated rings. The minimum absolute atomic E-state index is 0.128. The number of hydrogen-bond donors (Lipinski definition) is 1.